The second kappa shape index (κ2) is 11.1. The lowest BCUT2D eigenvalue weighted by Gasteiger charge is -2.35. The van der Waals surface area contributed by atoms with Crippen molar-refractivity contribution in [2.45, 2.75) is 32.1 Å². The zero-order valence-corrected chi connectivity index (χ0v) is 18.2. The average molecular weight is 500 g/mol. The standard InChI is InChI=1S/C18H27F3N4O.HI/c1-13(2)24-17(22-3)23-12-16(25-8-10-26-11-9-25)14-4-6-15(7-5-14)18(19,20)21;/h4-7,13,16H,8-12H2,1-3H3,(H2,22,23,24);1H. The molecule has 1 fully saturated rings. The van der Waals surface area contributed by atoms with Crippen LogP contribution in [0.1, 0.15) is 31.0 Å². The number of aliphatic imine (C=N–C) groups is 1. The molecule has 1 atom stereocenters. The summed E-state index contributed by atoms with van der Waals surface area (Å²) in [6.45, 7) is 7.29. The summed E-state index contributed by atoms with van der Waals surface area (Å²) >= 11 is 0. The number of guanidine groups is 1. The Hall–Kier alpha value is -1.07. The number of nitrogens with zero attached hydrogens (tertiary/aromatic N) is 2. The lowest BCUT2D eigenvalue weighted by Crippen LogP contribution is -2.47. The van der Waals surface area contributed by atoms with Crippen molar-refractivity contribution >= 4 is 29.9 Å². The van der Waals surface area contributed by atoms with Gasteiger partial charge in [-0.25, -0.2) is 0 Å². The summed E-state index contributed by atoms with van der Waals surface area (Å²) in [6, 6.07) is 5.57. The summed E-state index contributed by atoms with van der Waals surface area (Å²) in [6.07, 6.45) is -4.32. The molecule has 1 aliphatic rings. The van der Waals surface area contributed by atoms with Crippen molar-refractivity contribution in [3.63, 3.8) is 0 Å². The minimum absolute atomic E-state index is 0. The van der Waals surface area contributed by atoms with E-state index in [-0.39, 0.29) is 36.1 Å². The van der Waals surface area contributed by atoms with E-state index >= 15 is 0 Å². The monoisotopic (exact) mass is 500 g/mol. The summed E-state index contributed by atoms with van der Waals surface area (Å²) < 4.78 is 43.9. The van der Waals surface area contributed by atoms with Crippen LogP contribution in [0, 0.1) is 0 Å². The Kier molecular flexibility index (Phi) is 9.82. The van der Waals surface area contributed by atoms with Gasteiger partial charge in [0.2, 0.25) is 0 Å². The van der Waals surface area contributed by atoms with Gasteiger partial charge >= 0.3 is 6.18 Å². The SMILES string of the molecule is CN=C(NCC(c1ccc(C(F)(F)F)cc1)N1CCOCC1)NC(C)C.I. The van der Waals surface area contributed by atoms with Gasteiger partial charge in [-0.2, -0.15) is 13.2 Å². The summed E-state index contributed by atoms with van der Waals surface area (Å²) in [7, 11) is 1.69. The van der Waals surface area contributed by atoms with Crippen molar-refractivity contribution in [2.75, 3.05) is 39.9 Å². The highest BCUT2D eigenvalue weighted by molar-refractivity contribution is 14.0. The predicted octanol–water partition coefficient (Wildman–Crippen LogP) is 3.27. The molecule has 1 saturated heterocycles. The molecular formula is C18H28F3IN4O. The molecule has 0 bridgehead atoms. The van der Waals surface area contributed by atoms with Gasteiger partial charge in [0.1, 0.15) is 0 Å². The van der Waals surface area contributed by atoms with Gasteiger partial charge < -0.3 is 15.4 Å². The van der Waals surface area contributed by atoms with E-state index in [9.17, 15) is 13.2 Å². The van der Waals surface area contributed by atoms with Crippen LogP contribution in [-0.4, -0.2) is 56.8 Å². The molecule has 1 unspecified atom stereocenters. The van der Waals surface area contributed by atoms with Gasteiger partial charge in [-0.1, -0.05) is 12.1 Å². The van der Waals surface area contributed by atoms with Gasteiger partial charge in [-0.3, -0.25) is 9.89 Å². The van der Waals surface area contributed by atoms with Crippen LogP contribution in [0.25, 0.3) is 0 Å². The Morgan fingerprint density at radius 2 is 1.78 bits per heavy atom. The average Bonchev–Trinajstić information content (AvgIpc) is 2.61. The molecule has 1 aliphatic heterocycles. The molecule has 0 saturated carbocycles. The predicted molar refractivity (Wildman–Crippen MR) is 112 cm³/mol. The fourth-order valence-corrected chi connectivity index (χ4v) is 2.90. The van der Waals surface area contributed by atoms with Crippen LogP contribution in [0.4, 0.5) is 13.2 Å². The van der Waals surface area contributed by atoms with Crippen LogP contribution < -0.4 is 10.6 Å². The summed E-state index contributed by atoms with van der Waals surface area (Å²) in [5.74, 6) is 0.671. The number of hydrogen-bond acceptors (Lipinski definition) is 3. The maximum atomic E-state index is 12.8. The third-order valence-electron chi connectivity index (χ3n) is 4.22. The maximum Gasteiger partial charge on any atom is 0.416 e. The van der Waals surface area contributed by atoms with Crippen molar-refractivity contribution in [3.8, 4) is 0 Å². The van der Waals surface area contributed by atoms with E-state index in [1.807, 2.05) is 13.8 Å². The van der Waals surface area contributed by atoms with Crippen LogP contribution in [0.15, 0.2) is 29.3 Å². The highest BCUT2D eigenvalue weighted by atomic mass is 127. The number of halogens is 4. The van der Waals surface area contributed by atoms with E-state index in [0.717, 1.165) is 30.8 Å². The number of rotatable bonds is 5. The molecule has 9 heteroatoms. The number of benzene rings is 1. The Morgan fingerprint density at radius 1 is 1.19 bits per heavy atom. The van der Waals surface area contributed by atoms with Gasteiger partial charge in [0.05, 0.1) is 24.8 Å². The molecule has 0 spiro atoms. The third kappa shape index (κ3) is 7.46. The van der Waals surface area contributed by atoms with Crippen LogP contribution in [-0.2, 0) is 10.9 Å². The molecule has 0 amide bonds. The molecule has 2 rings (SSSR count). The molecule has 2 N–H and O–H groups in total. The van der Waals surface area contributed by atoms with Gasteiger partial charge in [0.15, 0.2) is 5.96 Å². The van der Waals surface area contributed by atoms with E-state index in [0.29, 0.717) is 25.7 Å². The van der Waals surface area contributed by atoms with E-state index in [1.54, 1.807) is 19.2 Å². The Bertz CT molecular complexity index is 587. The van der Waals surface area contributed by atoms with Crippen molar-refractivity contribution in [2.24, 2.45) is 4.99 Å². The lowest BCUT2D eigenvalue weighted by atomic mass is 10.0. The maximum absolute atomic E-state index is 12.8. The molecule has 27 heavy (non-hydrogen) atoms. The zero-order valence-electron chi connectivity index (χ0n) is 15.8. The Balaban J connectivity index is 0.00000364. The van der Waals surface area contributed by atoms with Crippen molar-refractivity contribution in [3.05, 3.63) is 35.4 Å². The largest absolute Gasteiger partial charge is 0.416 e. The minimum Gasteiger partial charge on any atom is -0.379 e. The van der Waals surface area contributed by atoms with Gasteiger partial charge in [0, 0.05) is 32.7 Å². The first-order valence-corrected chi connectivity index (χ1v) is 8.77. The molecule has 0 radical (unpaired) electrons. The van der Waals surface area contributed by atoms with Crippen molar-refractivity contribution in [1.29, 1.82) is 0 Å². The Labute approximate surface area is 175 Å². The third-order valence-corrected chi connectivity index (χ3v) is 4.22. The van der Waals surface area contributed by atoms with Crippen LogP contribution in [0.3, 0.4) is 0 Å². The molecule has 0 aliphatic carbocycles. The van der Waals surface area contributed by atoms with Gasteiger partial charge in [-0.05, 0) is 31.5 Å². The summed E-state index contributed by atoms with van der Waals surface area (Å²) in [4.78, 5) is 6.41. The lowest BCUT2D eigenvalue weighted by molar-refractivity contribution is -0.137. The molecule has 1 aromatic rings. The van der Waals surface area contributed by atoms with E-state index in [1.165, 1.54) is 0 Å². The van der Waals surface area contributed by atoms with E-state index < -0.39 is 11.7 Å². The molecule has 154 valence electrons. The summed E-state index contributed by atoms with van der Waals surface area (Å²) in [5.41, 5.74) is 0.208. The molecule has 5 nitrogen and oxygen atoms in total. The van der Waals surface area contributed by atoms with Crippen LogP contribution in [0.2, 0.25) is 0 Å². The number of ether oxygens (including phenoxy) is 1. The molecule has 1 aromatic carbocycles. The smallest absolute Gasteiger partial charge is 0.379 e. The highest BCUT2D eigenvalue weighted by Crippen LogP contribution is 2.31. The zero-order chi connectivity index (χ0) is 19.2. The van der Waals surface area contributed by atoms with E-state index in [4.69, 9.17) is 4.74 Å². The van der Waals surface area contributed by atoms with Gasteiger partial charge in [-0.15, -0.1) is 24.0 Å². The van der Waals surface area contributed by atoms with Crippen molar-refractivity contribution in [1.82, 2.24) is 15.5 Å². The normalized spacial score (nSPS) is 17.4. The topological polar surface area (TPSA) is 48.9 Å². The highest BCUT2D eigenvalue weighted by Gasteiger charge is 2.31. The van der Waals surface area contributed by atoms with Crippen LogP contribution in [0.5, 0.6) is 0 Å². The van der Waals surface area contributed by atoms with E-state index in [2.05, 4.69) is 20.5 Å². The number of morpholine rings is 1. The fraction of sp³-hybridized carbons (Fsp3) is 0.611. The van der Waals surface area contributed by atoms with Crippen LogP contribution >= 0.6 is 24.0 Å². The first-order valence-electron chi connectivity index (χ1n) is 8.77. The first-order chi connectivity index (χ1) is 12.3. The summed E-state index contributed by atoms with van der Waals surface area (Å²) in [5, 5.41) is 6.49. The molecular weight excluding hydrogens is 472 g/mol. The molecule has 0 aromatic heterocycles. The minimum atomic E-state index is -4.32. The first kappa shape index (κ1) is 24.0. The fourth-order valence-electron chi connectivity index (χ4n) is 2.90. The quantitative estimate of drug-likeness (QED) is 0.371. The Morgan fingerprint density at radius 3 is 2.26 bits per heavy atom. The van der Waals surface area contributed by atoms with Gasteiger partial charge in [0.25, 0.3) is 0 Å². The number of hydrogen-bond donors (Lipinski definition) is 2. The number of alkyl halides is 3. The second-order valence-electron chi connectivity index (χ2n) is 6.54. The van der Waals surface area contributed by atoms with Crippen molar-refractivity contribution < 1.29 is 17.9 Å². The second-order valence-corrected chi connectivity index (χ2v) is 6.54. The number of nitrogens with one attached hydrogen (secondary N) is 2. The molecule has 1 heterocycles.